The third-order valence-corrected chi connectivity index (χ3v) is 2.22. The molecule has 1 heterocycles. The summed E-state index contributed by atoms with van der Waals surface area (Å²) >= 11 is 3.39. The van der Waals surface area contributed by atoms with Gasteiger partial charge in [0.1, 0.15) is 0 Å². The first kappa shape index (κ1) is 9.68. The number of pyridine rings is 1. The predicted octanol–water partition coefficient (Wildman–Crippen LogP) is 2.64. The highest BCUT2D eigenvalue weighted by molar-refractivity contribution is 9.10. The van der Waals surface area contributed by atoms with Gasteiger partial charge in [-0.3, -0.25) is 4.98 Å². The van der Waals surface area contributed by atoms with Crippen LogP contribution in [0, 0.1) is 0 Å². The molecule has 66 valence electrons. The van der Waals surface area contributed by atoms with Crippen molar-refractivity contribution >= 4 is 15.9 Å². The lowest BCUT2D eigenvalue weighted by Crippen LogP contribution is -2.11. The molecule has 0 saturated carbocycles. The molecule has 12 heavy (non-hydrogen) atoms. The van der Waals surface area contributed by atoms with E-state index in [2.05, 4.69) is 27.8 Å². The fraction of sp³-hybridized carbons (Fsp3) is 0.444. The van der Waals surface area contributed by atoms with Crippen molar-refractivity contribution in [1.82, 2.24) is 4.98 Å². The van der Waals surface area contributed by atoms with Gasteiger partial charge in [0.25, 0.3) is 0 Å². The third-order valence-electron chi connectivity index (χ3n) is 1.72. The van der Waals surface area contributed by atoms with Gasteiger partial charge in [-0.1, -0.05) is 29.3 Å². The van der Waals surface area contributed by atoms with Crippen LogP contribution in [0.3, 0.4) is 0 Å². The van der Waals surface area contributed by atoms with Gasteiger partial charge in [0.05, 0.1) is 5.69 Å². The summed E-state index contributed by atoms with van der Waals surface area (Å²) in [5.74, 6) is 0. The molecule has 0 saturated heterocycles. The minimum absolute atomic E-state index is 0.0764. The van der Waals surface area contributed by atoms with Crippen LogP contribution in [0.2, 0.25) is 0 Å². The minimum Gasteiger partial charge on any atom is -0.323 e. The molecule has 0 fully saturated rings. The maximum absolute atomic E-state index is 5.89. The number of rotatable bonds is 3. The summed E-state index contributed by atoms with van der Waals surface area (Å²) in [6.07, 6.45) is 3.85. The number of hydrogen-bond donors (Lipinski definition) is 1. The standard InChI is InChI=1S/C9H13BrN2/c1-2-3-8(11)9-6-7(10)4-5-12-9/h4-6,8H,2-3,11H2,1H3/t8-/m0/s1. The minimum atomic E-state index is 0.0764. The average Bonchev–Trinajstić information content (AvgIpc) is 2.05. The molecule has 0 spiro atoms. The number of nitrogens with two attached hydrogens (primary N) is 1. The van der Waals surface area contributed by atoms with E-state index in [1.165, 1.54) is 0 Å². The summed E-state index contributed by atoms with van der Waals surface area (Å²) in [4.78, 5) is 4.20. The van der Waals surface area contributed by atoms with Crippen LogP contribution in [0.5, 0.6) is 0 Å². The Bertz CT molecular complexity index is 250. The van der Waals surface area contributed by atoms with Crippen LogP contribution >= 0.6 is 15.9 Å². The van der Waals surface area contributed by atoms with E-state index in [9.17, 15) is 0 Å². The Labute approximate surface area is 81.3 Å². The van der Waals surface area contributed by atoms with E-state index < -0.39 is 0 Å². The van der Waals surface area contributed by atoms with Crippen molar-refractivity contribution in [3.63, 3.8) is 0 Å². The zero-order chi connectivity index (χ0) is 8.97. The highest BCUT2D eigenvalue weighted by Gasteiger charge is 2.05. The Morgan fingerprint density at radius 1 is 1.67 bits per heavy atom. The smallest absolute Gasteiger partial charge is 0.0582 e. The van der Waals surface area contributed by atoms with Gasteiger partial charge in [0, 0.05) is 16.7 Å². The fourth-order valence-corrected chi connectivity index (χ4v) is 1.44. The van der Waals surface area contributed by atoms with E-state index in [4.69, 9.17) is 5.73 Å². The first-order valence-electron chi connectivity index (χ1n) is 4.11. The number of aromatic nitrogens is 1. The highest BCUT2D eigenvalue weighted by Crippen LogP contribution is 2.16. The Morgan fingerprint density at radius 3 is 3.00 bits per heavy atom. The zero-order valence-corrected chi connectivity index (χ0v) is 8.71. The molecule has 0 aromatic carbocycles. The molecular formula is C9H13BrN2. The van der Waals surface area contributed by atoms with Crippen LogP contribution in [-0.4, -0.2) is 4.98 Å². The quantitative estimate of drug-likeness (QED) is 0.865. The van der Waals surface area contributed by atoms with Gasteiger partial charge in [-0.2, -0.15) is 0 Å². The molecule has 0 aliphatic rings. The number of hydrogen-bond acceptors (Lipinski definition) is 2. The normalized spacial score (nSPS) is 12.9. The van der Waals surface area contributed by atoms with Crippen LogP contribution in [-0.2, 0) is 0 Å². The van der Waals surface area contributed by atoms with Crippen molar-refractivity contribution in [2.24, 2.45) is 5.73 Å². The Kier molecular flexibility index (Phi) is 3.69. The Hall–Kier alpha value is -0.410. The first-order valence-corrected chi connectivity index (χ1v) is 4.90. The maximum atomic E-state index is 5.89. The molecule has 0 aliphatic heterocycles. The summed E-state index contributed by atoms with van der Waals surface area (Å²) in [5, 5.41) is 0. The van der Waals surface area contributed by atoms with Crippen molar-refractivity contribution in [1.29, 1.82) is 0 Å². The van der Waals surface area contributed by atoms with Crippen LogP contribution in [0.15, 0.2) is 22.8 Å². The molecule has 1 rings (SSSR count). The second-order valence-electron chi connectivity index (χ2n) is 2.79. The van der Waals surface area contributed by atoms with Gasteiger partial charge in [-0.05, 0) is 18.6 Å². The fourth-order valence-electron chi connectivity index (χ4n) is 1.08. The van der Waals surface area contributed by atoms with Crippen LogP contribution in [0.25, 0.3) is 0 Å². The highest BCUT2D eigenvalue weighted by atomic mass is 79.9. The van der Waals surface area contributed by atoms with Crippen LogP contribution < -0.4 is 5.73 Å². The second kappa shape index (κ2) is 4.58. The van der Waals surface area contributed by atoms with Crippen molar-refractivity contribution in [3.05, 3.63) is 28.5 Å². The largest absolute Gasteiger partial charge is 0.323 e. The van der Waals surface area contributed by atoms with Gasteiger partial charge in [0.2, 0.25) is 0 Å². The van der Waals surface area contributed by atoms with Gasteiger partial charge in [-0.25, -0.2) is 0 Å². The molecule has 2 nitrogen and oxygen atoms in total. The Morgan fingerprint density at radius 2 is 2.42 bits per heavy atom. The lowest BCUT2D eigenvalue weighted by atomic mass is 10.1. The van der Waals surface area contributed by atoms with E-state index in [1.807, 2.05) is 12.1 Å². The average molecular weight is 229 g/mol. The topological polar surface area (TPSA) is 38.9 Å². The molecule has 0 bridgehead atoms. The maximum Gasteiger partial charge on any atom is 0.0582 e. The van der Waals surface area contributed by atoms with Gasteiger partial charge in [-0.15, -0.1) is 0 Å². The molecule has 0 aliphatic carbocycles. The summed E-state index contributed by atoms with van der Waals surface area (Å²) in [7, 11) is 0. The monoisotopic (exact) mass is 228 g/mol. The van der Waals surface area contributed by atoms with E-state index in [0.717, 1.165) is 23.0 Å². The van der Waals surface area contributed by atoms with Crippen LogP contribution in [0.4, 0.5) is 0 Å². The molecule has 0 amide bonds. The van der Waals surface area contributed by atoms with Crippen molar-refractivity contribution in [3.8, 4) is 0 Å². The number of nitrogens with zero attached hydrogens (tertiary/aromatic N) is 1. The third kappa shape index (κ3) is 2.57. The lowest BCUT2D eigenvalue weighted by Gasteiger charge is -2.08. The first-order chi connectivity index (χ1) is 5.74. The van der Waals surface area contributed by atoms with E-state index in [-0.39, 0.29) is 6.04 Å². The van der Waals surface area contributed by atoms with E-state index in [1.54, 1.807) is 6.20 Å². The molecule has 1 aromatic rings. The lowest BCUT2D eigenvalue weighted by molar-refractivity contribution is 0.621. The SMILES string of the molecule is CCC[C@H](N)c1cc(Br)ccn1. The van der Waals surface area contributed by atoms with E-state index >= 15 is 0 Å². The van der Waals surface area contributed by atoms with Crippen LogP contribution in [0.1, 0.15) is 31.5 Å². The molecule has 3 heteroatoms. The predicted molar refractivity (Wildman–Crippen MR) is 53.8 cm³/mol. The summed E-state index contributed by atoms with van der Waals surface area (Å²) in [5.41, 5.74) is 6.86. The van der Waals surface area contributed by atoms with Gasteiger partial charge in [0.15, 0.2) is 0 Å². The second-order valence-corrected chi connectivity index (χ2v) is 3.71. The van der Waals surface area contributed by atoms with E-state index in [0.29, 0.717) is 0 Å². The molecule has 0 unspecified atom stereocenters. The van der Waals surface area contributed by atoms with Crippen molar-refractivity contribution < 1.29 is 0 Å². The zero-order valence-electron chi connectivity index (χ0n) is 7.13. The molecule has 2 N–H and O–H groups in total. The summed E-state index contributed by atoms with van der Waals surface area (Å²) in [6.45, 7) is 2.12. The molecule has 1 aromatic heterocycles. The van der Waals surface area contributed by atoms with Crippen molar-refractivity contribution in [2.75, 3.05) is 0 Å². The summed E-state index contributed by atoms with van der Waals surface area (Å²) < 4.78 is 1.04. The van der Waals surface area contributed by atoms with Gasteiger partial charge >= 0.3 is 0 Å². The van der Waals surface area contributed by atoms with Gasteiger partial charge < -0.3 is 5.73 Å². The molecular weight excluding hydrogens is 216 g/mol. The van der Waals surface area contributed by atoms with Crippen molar-refractivity contribution in [2.45, 2.75) is 25.8 Å². The molecule has 1 atom stereocenters. The Balaban J connectivity index is 2.73. The summed E-state index contributed by atoms with van der Waals surface area (Å²) in [6, 6.07) is 3.95. The number of halogens is 1. The molecule has 0 radical (unpaired) electrons.